The van der Waals surface area contributed by atoms with Gasteiger partial charge in [0.05, 0.1) is 5.69 Å². The Morgan fingerprint density at radius 2 is 2.19 bits per heavy atom. The van der Waals surface area contributed by atoms with Crippen LogP contribution in [0.3, 0.4) is 0 Å². The standard InChI is InChI=1S/C13H13N5OS2/c1-8(2)12-15-16-13(21-12)18-11(10(7-19)14-17-18)6-9-4-3-5-20-9/h3-5,7-8H,6H2,1-2H3. The molecule has 0 spiro atoms. The molecular formula is C13H13N5OS2. The molecule has 108 valence electrons. The molecule has 6 nitrogen and oxygen atoms in total. The summed E-state index contributed by atoms with van der Waals surface area (Å²) >= 11 is 3.11. The van der Waals surface area contributed by atoms with Crippen LogP contribution < -0.4 is 0 Å². The fourth-order valence-corrected chi connectivity index (χ4v) is 3.38. The van der Waals surface area contributed by atoms with Crippen molar-refractivity contribution in [3.05, 3.63) is 38.8 Å². The van der Waals surface area contributed by atoms with Crippen molar-refractivity contribution >= 4 is 29.0 Å². The van der Waals surface area contributed by atoms with Gasteiger partial charge in [-0.3, -0.25) is 4.79 Å². The van der Waals surface area contributed by atoms with Gasteiger partial charge in [0, 0.05) is 17.2 Å². The predicted molar refractivity (Wildman–Crippen MR) is 81.4 cm³/mol. The second kappa shape index (κ2) is 5.82. The summed E-state index contributed by atoms with van der Waals surface area (Å²) in [5.74, 6) is 0.311. The van der Waals surface area contributed by atoms with Crippen LogP contribution in [0.15, 0.2) is 17.5 Å². The van der Waals surface area contributed by atoms with Crippen LogP contribution in [0.25, 0.3) is 5.13 Å². The molecule has 3 rings (SSSR count). The first kappa shape index (κ1) is 14.0. The summed E-state index contributed by atoms with van der Waals surface area (Å²) in [4.78, 5) is 12.3. The fourth-order valence-electron chi connectivity index (χ4n) is 1.85. The van der Waals surface area contributed by atoms with Crippen molar-refractivity contribution in [2.75, 3.05) is 0 Å². The Labute approximate surface area is 129 Å². The number of thiophene rings is 1. The molecule has 3 aromatic heterocycles. The predicted octanol–water partition coefficient (Wildman–Crippen LogP) is 2.71. The Hall–Kier alpha value is -1.93. The number of hydrogen-bond donors (Lipinski definition) is 0. The van der Waals surface area contributed by atoms with Gasteiger partial charge in [-0.2, -0.15) is 4.68 Å². The molecular weight excluding hydrogens is 306 g/mol. The molecule has 0 aliphatic carbocycles. The molecule has 0 saturated heterocycles. The number of rotatable bonds is 5. The molecule has 3 aromatic rings. The molecule has 0 aliphatic heterocycles. The second-order valence-corrected chi connectivity index (χ2v) is 6.80. The van der Waals surface area contributed by atoms with Gasteiger partial charge in [0.2, 0.25) is 5.13 Å². The molecule has 0 N–H and O–H groups in total. The van der Waals surface area contributed by atoms with Gasteiger partial charge in [0.15, 0.2) is 6.29 Å². The van der Waals surface area contributed by atoms with Crippen molar-refractivity contribution in [1.82, 2.24) is 25.2 Å². The number of nitrogens with zero attached hydrogens (tertiary/aromatic N) is 5. The van der Waals surface area contributed by atoms with Crippen LogP contribution in [-0.2, 0) is 6.42 Å². The van der Waals surface area contributed by atoms with Crippen molar-refractivity contribution in [2.24, 2.45) is 0 Å². The molecule has 21 heavy (non-hydrogen) atoms. The van der Waals surface area contributed by atoms with E-state index in [0.29, 0.717) is 23.2 Å². The molecule has 0 amide bonds. The minimum Gasteiger partial charge on any atom is -0.296 e. The maximum absolute atomic E-state index is 11.2. The third-order valence-corrected chi connectivity index (χ3v) is 5.01. The highest BCUT2D eigenvalue weighted by Crippen LogP contribution is 2.24. The summed E-state index contributed by atoms with van der Waals surface area (Å²) in [5, 5.41) is 19.9. The quantitative estimate of drug-likeness (QED) is 0.676. The molecule has 0 fully saturated rings. The number of carbonyl (C=O) groups excluding carboxylic acids is 1. The molecule has 8 heteroatoms. The Kier molecular flexibility index (Phi) is 3.89. The molecule has 0 bridgehead atoms. The van der Waals surface area contributed by atoms with Crippen LogP contribution >= 0.6 is 22.7 Å². The highest BCUT2D eigenvalue weighted by atomic mass is 32.1. The summed E-state index contributed by atoms with van der Waals surface area (Å²) in [7, 11) is 0. The highest BCUT2D eigenvalue weighted by Gasteiger charge is 2.18. The summed E-state index contributed by atoms with van der Waals surface area (Å²) in [6, 6.07) is 4.01. The Morgan fingerprint density at radius 3 is 2.81 bits per heavy atom. The van der Waals surface area contributed by atoms with Gasteiger partial charge in [-0.05, 0) is 11.4 Å². The van der Waals surface area contributed by atoms with Crippen molar-refractivity contribution in [2.45, 2.75) is 26.2 Å². The second-order valence-electron chi connectivity index (χ2n) is 4.78. The van der Waals surface area contributed by atoms with E-state index in [1.165, 1.54) is 11.3 Å². The Bertz CT molecular complexity index is 745. The van der Waals surface area contributed by atoms with E-state index in [0.717, 1.165) is 21.9 Å². The summed E-state index contributed by atoms with van der Waals surface area (Å²) < 4.78 is 1.62. The van der Waals surface area contributed by atoms with Gasteiger partial charge in [-0.25, -0.2) is 0 Å². The lowest BCUT2D eigenvalue weighted by Crippen LogP contribution is -2.03. The van der Waals surface area contributed by atoms with E-state index >= 15 is 0 Å². The molecule has 0 radical (unpaired) electrons. The zero-order valence-corrected chi connectivity index (χ0v) is 13.2. The third-order valence-electron chi connectivity index (χ3n) is 2.93. The summed E-state index contributed by atoms with van der Waals surface area (Å²) in [6.45, 7) is 4.13. The number of carbonyl (C=O) groups is 1. The van der Waals surface area contributed by atoms with Gasteiger partial charge < -0.3 is 0 Å². The first-order valence-electron chi connectivity index (χ1n) is 6.45. The van der Waals surface area contributed by atoms with Crippen LogP contribution in [0.4, 0.5) is 0 Å². The van der Waals surface area contributed by atoms with Gasteiger partial charge in [0.1, 0.15) is 10.7 Å². The van der Waals surface area contributed by atoms with E-state index in [1.807, 2.05) is 17.5 Å². The lowest BCUT2D eigenvalue weighted by molar-refractivity contribution is 0.111. The lowest BCUT2D eigenvalue weighted by Gasteiger charge is -2.01. The molecule has 0 unspecified atom stereocenters. The van der Waals surface area contributed by atoms with E-state index in [2.05, 4.69) is 34.4 Å². The largest absolute Gasteiger partial charge is 0.296 e. The van der Waals surface area contributed by atoms with Gasteiger partial charge >= 0.3 is 0 Å². The maximum atomic E-state index is 11.2. The number of hydrogen-bond acceptors (Lipinski definition) is 7. The average Bonchev–Trinajstić information content (AvgIpc) is 3.18. The summed E-state index contributed by atoms with van der Waals surface area (Å²) in [6.07, 6.45) is 1.34. The van der Waals surface area contributed by atoms with E-state index in [1.54, 1.807) is 16.0 Å². The molecule has 0 atom stereocenters. The molecule has 3 heterocycles. The average molecular weight is 319 g/mol. The summed E-state index contributed by atoms with van der Waals surface area (Å²) in [5.41, 5.74) is 1.10. The highest BCUT2D eigenvalue weighted by molar-refractivity contribution is 7.13. The first-order chi connectivity index (χ1) is 10.2. The number of aromatic nitrogens is 5. The van der Waals surface area contributed by atoms with Gasteiger partial charge in [0.25, 0.3) is 0 Å². The SMILES string of the molecule is CC(C)c1nnc(-n2nnc(C=O)c2Cc2cccs2)s1. The van der Waals surface area contributed by atoms with Crippen LogP contribution in [0.1, 0.15) is 45.8 Å². The van der Waals surface area contributed by atoms with Crippen molar-refractivity contribution in [3.8, 4) is 5.13 Å². The van der Waals surface area contributed by atoms with E-state index in [-0.39, 0.29) is 0 Å². The van der Waals surface area contributed by atoms with E-state index in [9.17, 15) is 4.79 Å². The normalized spacial score (nSPS) is 11.2. The van der Waals surface area contributed by atoms with Gasteiger partial charge in [-0.15, -0.1) is 26.6 Å². The Balaban J connectivity index is 2.01. The zero-order chi connectivity index (χ0) is 14.8. The van der Waals surface area contributed by atoms with Crippen LogP contribution in [0, 0.1) is 0 Å². The van der Waals surface area contributed by atoms with Crippen molar-refractivity contribution in [3.63, 3.8) is 0 Å². The van der Waals surface area contributed by atoms with E-state index in [4.69, 9.17) is 0 Å². The third kappa shape index (κ3) is 2.77. The zero-order valence-electron chi connectivity index (χ0n) is 11.6. The molecule has 0 aromatic carbocycles. The lowest BCUT2D eigenvalue weighted by atomic mass is 10.2. The monoisotopic (exact) mass is 319 g/mol. The Morgan fingerprint density at radius 1 is 1.33 bits per heavy atom. The van der Waals surface area contributed by atoms with Gasteiger partial charge in [-0.1, -0.05) is 36.5 Å². The van der Waals surface area contributed by atoms with Crippen LogP contribution in [0.2, 0.25) is 0 Å². The minimum absolute atomic E-state index is 0.311. The van der Waals surface area contributed by atoms with Crippen LogP contribution in [-0.4, -0.2) is 31.5 Å². The van der Waals surface area contributed by atoms with Crippen molar-refractivity contribution < 1.29 is 4.79 Å². The number of aldehydes is 1. The van der Waals surface area contributed by atoms with Crippen LogP contribution in [0.5, 0.6) is 0 Å². The topological polar surface area (TPSA) is 73.6 Å². The maximum Gasteiger partial charge on any atom is 0.234 e. The molecule has 0 saturated carbocycles. The minimum atomic E-state index is 0.311. The first-order valence-corrected chi connectivity index (χ1v) is 8.14. The molecule has 0 aliphatic rings. The van der Waals surface area contributed by atoms with Crippen molar-refractivity contribution in [1.29, 1.82) is 0 Å². The van der Waals surface area contributed by atoms with E-state index < -0.39 is 0 Å². The smallest absolute Gasteiger partial charge is 0.234 e. The fraction of sp³-hybridized carbons (Fsp3) is 0.308.